The number of anilines is 1. The van der Waals surface area contributed by atoms with Crippen molar-refractivity contribution in [2.24, 2.45) is 0 Å². The molecular formula is C23H23FN4O4S. The summed E-state index contributed by atoms with van der Waals surface area (Å²) >= 11 is 1.70. The Morgan fingerprint density at radius 1 is 1.09 bits per heavy atom. The van der Waals surface area contributed by atoms with E-state index >= 15 is 0 Å². The molecule has 0 atom stereocenters. The Bertz CT molecular complexity index is 1150. The highest BCUT2D eigenvalue weighted by atomic mass is 32.2. The molecule has 0 saturated carbocycles. The van der Waals surface area contributed by atoms with Gasteiger partial charge in [-0.2, -0.15) is 16.9 Å². The zero-order chi connectivity index (χ0) is 23.2. The molecule has 8 nitrogen and oxygen atoms in total. The lowest BCUT2D eigenvalue weighted by Gasteiger charge is -2.13. The first-order valence-corrected chi connectivity index (χ1v) is 11.4. The average molecular weight is 471 g/mol. The number of nitrogens with one attached hydrogen (secondary N) is 2. The first-order valence-electron chi connectivity index (χ1n) is 10.3. The molecule has 1 aromatic heterocycles. The normalized spacial score (nSPS) is 12.2. The zero-order valence-electron chi connectivity index (χ0n) is 18.0. The number of carbonyl (C=O) groups is 2. The average Bonchev–Trinajstić information content (AvgIpc) is 3.40. The van der Waals surface area contributed by atoms with E-state index < -0.39 is 0 Å². The third kappa shape index (κ3) is 5.64. The number of hydrogen-bond acceptors (Lipinski definition) is 6. The zero-order valence-corrected chi connectivity index (χ0v) is 18.8. The number of amides is 2. The molecule has 1 aliphatic heterocycles. The highest BCUT2D eigenvalue weighted by Gasteiger charge is 2.25. The summed E-state index contributed by atoms with van der Waals surface area (Å²) in [5.41, 5.74) is 2.55. The number of ether oxygens (including phenoxy) is 2. The summed E-state index contributed by atoms with van der Waals surface area (Å²) in [6.45, 7) is -0.00351. The summed E-state index contributed by atoms with van der Waals surface area (Å²) in [6, 6.07) is 13.0. The van der Waals surface area contributed by atoms with Crippen LogP contribution in [-0.2, 0) is 34.2 Å². The standard InChI is InChI=1S/C23H23FN4O4S/c1-31-19-4-2-3-5-20(19)32-12-22(30)26-23-17-13-33-14-18(17)27-28(23)11-21(29)25-10-15-6-8-16(24)9-7-15/h2-9H,10-14H2,1H3,(H,25,29)(H,26,30). The lowest BCUT2D eigenvalue weighted by Crippen LogP contribution is -2.29. The summed E-state index contributed by atoms with van der Waals surface area (Å²) in [4.78, 5) is 25.1. The van der Waals surface area contributed by atoms with Crippen molar-refractivity contribution in [1.29, 1.82) is 0 Å². The molecule has 4 rings (SSSR count). The van der Waals surface area contributed by atoms with Crippen LogP contribution < -0.4 is 20.1 Å². The molecule has 2 heterocycles. The minimum absolute atomic E-state index is 0.0537. The van der Waals surface area contributed by atoms with Crippen LogP contribution in [0.5, 0.6) is 11.5 Å². The Kier molecular flexibility index (Phi) is 7.13. The van der Waals surface area contributed by atoms with E-state index in [1.165, 1.54) is 23.9 Å². The largest absolute Gasteiger partial charge is 0.493 e. The van der Waals surface area contributed by atoms with Gasteiger partial charge >= 0.3 is 0 Å². The van der Waals surface area contributed by atoms with Crippen molar-refractivity contribution in [1.82, 2.24) is 15.1 Å². The Morgan fingerprint density at radius 3 is 2.61 bits per heavy atom. The van der Waals surface area contributed by atoms with E-state index in [1.54, 1.807) is 42.1 Å². The van der Waals surface area contributed by atoms with Crippen molar-refractivity contribution < 1.29 is 23.5 Å². The minimum atomic E-state index is -0.367. The molecule has 3 aromatic rings. The van der Waals surface area contributed by atoms with Crippen LogP contribution in [0.1, 0.15) is 16.8 Å². The highest BCUT2D eigenvalue weighted by Crippen LogP contribution is 2.34. The minimum Gasteiger partial charge on any atom is -0.493 e. The number of nitrogens with zero attached hydrogens (tertiary/aromatic N) is 2. The van der Waals surface area contributed by atoms with Crippen molar-refractivity contribution in [3.63, 3.8) is 0 Å². The van der Waals surface area contributed by atoms with Crippen LogP contribution in [0.3, 0.4) is 0 Å². The molecular weight excluding hydrogens is 447 g/mol. The van der Waals surface area contributed by atoms with Gasteiger partial charge in [0.05, 0.1) is 12.8 Å². The van der Waals surface area contributed by atoms with Gasteiger partial charge in [-0.25, -0.2) is 9.07 Å². The topological polar surface area (TPSA) is 94.5 Å². The molecule has 0 unspecified atom stereocenters. The predicted octanol–water partition coefficient (Wildman–Crippen LogP) is 3.11. The van der Waals surface area contributed by atoms with Crippen molar-refractivity contribution in [3.05, 3.63) is 71.2 Å². The van der Waals surface area contributed by atoms with Crippen LogP contribution in [0.4, 0.5) is 10.2 Å². The Hall–Kier alpha value is -3.53. The van der Waals surface area contributed by atoms with Gasteiger partial charge in [0.15, 0.2) is 18.1 Å². The monoisotopic (exact) mass is 470 g/mol. The van der Waals surface area contributed by atoms with E-state index in [1.807, 2.05) is 6.07 Å². The predicted molar refractivity (Wildman–Crippen MR) is 123 cm³/mol. The van der Waals surface area contributed by atoms with E-state index in [0.29, 0.717) is 23.1 Å². The molecule has 2 amide bonds. The summed E-state index contributed by atoms with van der Waals surface area (Å²) < 4.78 is 25.4. The molecule has 2 aromatic carbocycles. The van der Waals surface area contributed by atoms with Crippen molar-refractivity contribution >= 4 is 29.4 Å². The van der Waals surface area contributed by atoms with Crippen LogP contribution >= 0.6 is 11.8 Å². The maximum Gasteiger partial charge on any atom is 0.263 e. The van der Waals surface area contributed by atoms with Crippen LogP contribution in [-0.4, -0.2) is 35.3 Å². The molecule has 0 radical (unpaired) electrons. The summed E-state index contributed by atoms with van der Waals surface area (Å²) in [5, 5.41) is 10.1. The van der Waals surface area contributed by atoms with Gasteiger partial charge in [-0.15, -0.1) is 0 Å². The van der Waals surface area contributed by atoms with E-state index in [-0.39, 0.29) is 37.3 Å². The summed E-state index contributed by atoms with van der Waals surface area (Å²) in [7, 11) is 1.53. The lowest BCUT2D eigenvalue weighted by molar-refractivity contribution is -0.122. The van der Waals surface area contributed by atoms with E-state index in [0.717, 1.165) is 22.6 Å². The Balaban J connectivity index is 1.39. The fourth-order valence-corrected chi connectivity index (χ4v) is 4.40. The van der Waals surface area contributed by atoms with Crippen LogP contribution in [0.15, 0.2) is 48.5 Å². The lowest BCUT2D eigenvalue weighted by atomic mass is 10.2. The number of rotatable bonds is 9. The first-order chi connectivity index (χ1) is 16.0. The number of benzene rings is 2. The van der Waals surface area contributed by atoms with Crippen molar-refractivity contribution in [2.75, 3.05) is 19.0 Å². The van der Waals surface area contributed by atoms with Gasteiger partial charge in [-0.05, 0) is 29.8 Å². The van der Waals surface area contributed by atoms with Gasteiger partial charge in [0.2, 0.25) is 5.91 Å². The van der Waals surface area contributed by atoms with E-state index in [4.69, 9.17) is 9.47 Å². The maximum atomic E-state index is 13.0. The smallest absolute Gasteiger partial charge is 0.263 e. The second-order valence-corrected chi connectivity index (χ2v) is 8.30. The van der Waals surface area contributed by atoms with Crippen molar-refractivity contribution in [2.45, 2.75) is 24.6 Å². The van der Waals surface area contributed by atoms with E-state index in [9.17, 15) is 14.0 Å². The summed E-state index contributed by atoms with van der Waals surface area (Å²) in [6.07, 6.45) is 0. The van der Waals surface area contributed by atoms with Gasteiger partial charge in [-0.1, -0.05) is 24.3 Å². The number of carbonyl (C=O) groups excluding carboxylic acids is 2. The molecule has 0 spiro atoms. The molecule has 10 heteroatoms. The third-order valence-corrected chi connectivity index (χ3v) is 5.97. The molecule has 172 valence electrons. The van der Waals surface area contributed by atoms with Crippen LogP contribution in [0.25, 0.3) is 0 Å². The molecule has 0 fully saturated rings. The number of halogens is 1. The van der Waals surface area contributed by atoms with Crippen LogP contribution in [0, 0.1) is 5.82 Å². The highest BCUT2D eigenvalue weighted by molar-refractivity contribution is 7.98. The maximum absolute atomic E-state index is 13.0. The molecule has 33 heavy (non-hydrogen) atoms. The fourth-order valence-electron chi connectivity index (χ4n) is 3.36. The first kappa shape index (κ1) is 22.7. The van der Waals surface area contributed by atoms with E-state index in [2.05, 4.69) is 15.7 Å². The molecule has 0 bridgehead atoms. The number of methoxy groups -OCH3 is 1. The number of hydrogen-bond donors (Lipinski definition) is 2. The Labute approximate surface area is 194 Å². The van der Waals surface area contributed by atoms with Gasteiger partial charge in [0.1, 0.15) is 18.2 Å². The second kappa shape index (κ2) is 10.4. The fraction of sp³-hybridized carbons (Fsp3) is 0.261. The SMILES string of the molecule is COc1ccccc1OCC(=O)Nc1c2c(nn1CC(=O)NCc1ccc(F)cc1)CSC2. The number of para-hydroxylation sites is 2. The molecule has 1 aliphatic rings. The third-order valence-electron chi connectivity index (χ3n) is 5.00. The van der Waals surface area contributed by atoms with Gasteiger partial charge in [-0.3, -0.25) is 9.59 Å². The van der Waals surface area contributed by atoms with Gasteiger partial charge in [0, 0.05) is 23.6 Å². The van der Waals surface area contributed by atoms with Crippen LogP contribution in [0.2, 0.25) is 0 Å². The van der Waals surface area contributed by atoms with Gasteiger partial charge in [0.25, 0.3) is 5.91 Å². The second-order valence-electron chi connectivity index (χ2n) is 7.32. The number of fused-ring (bicyclic) bond motifs is 1. The molecule has 2 N–H and O–H groups in total. The molecule has 0 saturated heterocycles. The number of thioether (sulfide) groups is 1. The van der Waals surface area contributed by atoms with Gasteiger partial charge < -0.3 is 20.1 Å². The quantitative estimate of drug-likeness (QED) is 0.499. The number of aromatic nitrogens is 2. The Morgan fingerprint density at radius 2 is 1.85 bits per heavy atom. The molecule has 0 aliphatic carbocycles. The summed E-state index contributed by atoms with van der Waals surface area (Å²) in [5.74, 6) is 1.96. The van der Waals surface area contributed by atoms with Crippen molar-refractivity contribution in [3.8, 4) is 11.5 Å².